The number of hydrogen-bond donors (Lipinski definition) is 2. The van der Waals surface area contributed by atoms with Crippen molar-refractivity contribution in [3.05, 3.63) is 54.1 Å². The van der Waals surface area contributed by atoms with Gasteiger partial charge in [0.2, 0.25) is 0 Å². The summed E-state index contributed by atoms with van der Waals surface area (Å²) in [7, 11) is 0. The molecule has 0 fully saturated rings. The number of carbonyl (C=O) groups is 2. The number of carbonyl (C=O) groups excluding carboxylic acids is 2. The SMILES string of the molecule is [CH-]=C(C(=O)NOc1ccc(F)cc1)C(=O)C(O)=[C-]C.[Y]. The maximum absolute atomic E-state index is 12.6. The Kier molecular flexibility index (Phi) is 7.95. The van der Waals surface area contributed by atoms with E-state index >= 15 is 0 Å². The average Bonchev–Trinajstić information content (AvgIpc) is 2.43. The summed E-state index contributed by atoms with van der Waals surface area (Å²) in [6.07, 6.45) is 2.14. The minimum absolute atomic E-state index is 0. The van der Waals surface area contributed by atoms with Crippen molar-refractivity contribution in [1.82, 2.24) is 5.48 Å². The van der Waals surface area contributed by atoms with E-state index in [0.717, 1.165) is 12.1 Å². The van der Waals surface area contributed by atoms with Gasteiger partial charge in [-0.3, -0.25) is 0 Å². The second kappa shape index (κ2) is 8.61. The molecule has 0 aliphatic heterocycles. The number of nitrogens with one attached hydrogen (secondary N) is 1. The predicted octanol–water partition coefficient (Wildman–Crippen LogP) is 1.43. The maximum atomic E-state index is 12.6. The smallest absolute Gasteiger partial charge is 0.165 e. The molecule has 2 N–H and O–H groups in total. The number of rotatable bonds is 5. The Morgan fingerprint density at radius 3 is 2.40 bits per heavy atom. The topological polar surface area (TPSA) is 75.6 Å². The molecule has 0 atom stereocenters. The first kappa shape index (κ1) is 18.5. The van der Waals surface area contributed by atoms with Gasteiger partial charge in [0.25, 0.3) is 0 Å². The standard InChI is InChI=1S/C13H10FNO4.Y/c1-3-11(16)12(17)8(2)13(18)15-19-10-6-4-9(14)5-7-10;/h2,4-7,16H,1H3,(H,15,18);/q-2;. The number of hydroxylamine groups is 1. The van der Waals surface area contributed by atoms with Crippen LogP contribution in [0.2, 0.25) is 0 Å². The molecule has 1 aromatic carbocycles. The number of aliphatic hydroxyl groups excluding tert-OH is 1. The minimum atomic E-state index is -1.07. The monoisotopic (exact) mass is 352 g/mol. The molecule has 0 spiro atoms. The van der Waals surface area contributed by atoms with Gasteiger partial charge in [0.1, 0.15) is 5.82 Å². The Labute approximate surface area is 140 Å². The van der Waals surface area contributed by atoms with E-state index in [1.165, 1.54) is 19.1 Å². The van der Waals surface area contributed by atoms with Crippen LogP contribution in [-0.4, -0.2) is 16.8 Å². The van der Waals surface area contributed by atoms with E-state index in [1.54, 1.807) is 0 Å². The van der Waals surface area contributed by atoms with E-state index in [9.17, 15) is 14.0 Å². The first-order chi connectivity index (χ1) is 8.95. The zero-order chi connectivity index (χ0) is 14.4. The van der Waals surface area contributed by atoms with Gasteiger partial charge in [-0.15, -0.1) is 12.5 Å². The Hall–Kier alpha value is -1.53. The molecule has 1 rings (SSSR count). The Bertz CT molecular complexity index is 540. The van der Waals surface area contributed by atoms with Crippen LogP contribution in [0.4, 0.5) is 4.39 Å². The number of amides is 1. The first-order valence-electron chi connectivity index (χ1n) is 5.09. The molecule has 0 heterocycles. The van der Waals surface area contributed by atoms with E-state index < -0.39 is 28.8 Å². The van der Waals surface area contributed by atoms with Crippen molar-refractivity contribution in [2.75, 3.05) is 0 Å². The van der Waals surface area contributed by atoms with Crippen LogP contribution in [0.1, 0.15) is 6.92 Å². The van der Waals surface area contributed by atoms with Gasteiger partial charge in [-0.1, -0.05) is 0 Å². The number of hydrogen-bond acceptors (Lipinski definition) is 4. The molecule has 0 aliphatic rings. The van der Waals surface area contributed by atoms with Crippen molar-refractivity contribution in [2.45, 2.75) is 6.92 Å². The third kappa shape index (κ3) is 5.23. The Morgan fingerprint density at radius 2 is 1.90 bits per heavy atom. The number of ketones is 1. The van der Waals surface area contributed by atoms with Crippen LogP contribution in [0.25, 0.3) is 0 Å². The Balaban J connectivity index is 0.00000361. The van der Waals surface area contributed by atoms with Crippen molar-refractivity contribution in [2.24, 2.45) is 0 Å². The van der Waals surface area contributed by atoms with E-state index in [4.69, 9.17) is 16.5 Å². The van der Waals surface area contributed by atoms with E-state index in [0.29, 0.717) is 0 Å². The van der Waals surface area contributed by atoms with E-state index in [2.05, 4.69) is 6.08 Å². The van der Waals surface area contributed by atoms with Crippen LogP contribution in [0.5, 0.6) is 5.75 Å². The van der Waals surface area contributed by atoms with Gasteiger partial charge in [-0.2, -0.15) is 0 Å². The number of Topliss-reactive ketones (excluding diaryl/α,β-unsaturated/α-hetero) is 1. The van der Waals surface area contributed by atoms with Crippen molar-refractivity contribution < 1.29 is 56.6 Å². The number of benzene rings is 1. The van der Waals surface area contributed by atoms with Crippen LogP contribution in [0.15, 0.2) is 35.6 Å². The quantitative estimate of drug-likeness (QED) is 0.210. The summed E-state index contributed by atoms with van der Waals surface area (Å²) in [6.45, 7) is 6.50. The van der Waals surface area contributed by atoms with Gasteiger partial charge in [-0.05, 0) is 30.0 Å². The van der Waals surface area contributed by atoms with E-state index in [-0.39, 0.29) is 38.5 Å². The second-order valence-corrected chi connectivity index (χ2v) is 3.33. The summed E-state index contributed by atoms with van der Waals surface area (Å²) in [5, 5.41) is 9.05. The molecular weight excluding hydrogens is 342 g/mol. The molecule has 1 aromatic rings. The van der Waals surface area contributed by atoms with Gasteiger partial charge in [0, 0.05) is 38.5 Å². The first-order valence-corrected chi connectivity index (χ1v) is 5.09. The Morgan fingerprint density at radius 1 is 1.35 bits per heavy atom. The van der Waals surface area contributed by atoms with Crippen molar-refractivity contribution in [3.63, 3.8) is 0 Å². The molecule has 0 bridgehead atoms. The molecule has 20 heavy (non-hydrogen) atoms. The van der Waals surface area contributed by atoms with Gasteiger partial charge in [0.05, 0.1) is 0 Å². The average molecular weight is 352 g/mol. The maximum Gasteiger partial charge on any atom is 0.165 e. The molecule has 5 nitrogen and oxygen atoms in total. The van der Waals surface area contributed by atoms with Crippen molar-refractivity contribution in [3.8, 4) is 5.75 Å². The third-order valence-corrected chi connectivity index (χ3v) is 2.02. The zero-order valence-electron chi connectivity index (χ0n) is 10.5. The van der Waals surface area contributed by atoms with Gasteiger partial charge < -0.3 is 19.5 Å². The molecule has 7 heteroatoms. The van der Waals surface area contributed by atoms with Gasteiger partial charge in [-0.25, -0.2) is 22.5 Å². The zero-order valence-corrected chi connectivity index (χ0v) is 13.4. The molecule has 1 radical (unpaired) electrons. The molecule has 0 aliphatic carbocycles. The normalized spacial score (nSPS) is 10.2. The molecular formula is C13H10FNO4Y-2. The fourth-order valence-electron chi connectivity index (χ4n) is 1.01. The summed E-state index contributed by atoms with van der Waals surface area (Å²) in [5.41, 5.74) is 1.13. The summed E-state index contributed by atoms with van der Waals surface area (Å²) < 4.78 is 12.6. The fraction of sp³-hybridized carbons (Fsp3) is 0.0769. The van der Waals surface area contributed by atoms with Crippen molar-refractivity contribution in [1.29, 1.82) is 0 Å². The molecule has 0 saturated heterocycles. The molecule has 103 valence electrons. The summed E-state index contributed by atoms with van der Waals surface area (Å²) in [5.74, 6) is -3.18. The summed E-state index contributed by atoms with van der Waals surface area (Å²) >= 11 is 0. The number of allylic oxidation sites excluding steroid dienone is 2. The fourth-order valence-corrected chi connectivity index (χ4v) is 1.01. The van der Waals surface area contributed by atoms with Crippen LogP contribution in [-0.2, 0) is 42.3 Å². The van der Waals surface area contributed by atoms with Crippen LogP contribution >= 0.6 is 0 Å². The summed E-state index contributed by atoms with van der Waals surface area (Å²) in [4.78, 5) is 27.5. The molecule has 1 amide bonds. The van der Waals surface area contributed by atoms with Gasteiger partial charge in [0.15, 0.2) is 11.7 Å². The predicted molar refractivity (Wildman–Crippen MR) is 63.0 cm³/mol. The minimum Gasteiger partial charge on any atom is -0.543 e. The largest absolute Gasteiger partial charge is 0.543 e. The molecule has 0 aromatic heterocycles. The number of aliphatic hydroxyl groups is 1. The third-order valence-electron chi connectivity index (χ3n) is 2.02. The molecule has 0 saturated carbocycles. The van der Waals surface area contributed by atoms with Crippen LogP contribution in [0.3, 0.4) is 0 Å². The summed E-state index contributed by atoms with van der Waals surface area (Å²) in [6, 6.07) is 4.79. The molecule has 0 unspecified atom stereocenters. The van der Waals surface area contributed by atoms with Crippen LogP contribution in [0, 0.1) is 18.5 Å². The second-order valence-electron chi connectivity index (χ2n) is 3.33. The van der Waals surface area contributed by atoms with Crippen molar-refractivity contribution >= 4 is 11.7 Å². The number of halogens is 1. The van der Waals surface area contributed by atoms with Gasteiger partial charge >= 0.3 is 0 Å². The van der Waals surface area contributed by atoms with Crippen LogP contribution < -0.4 is 10.3 Å². The van der Waals surface area contributed by atoms with E-state index in [1.807, 2.05) is 5.48 Å².